The molecule has 1 atom stereocenters. The molecule has 0 saturated heterocycles. The van der Waals surface area contributed by atoms with E-state index in [2.05, 4.69) is 15.1 Å². The quantitative estimate of drug-likeness (QED) is 0.469. The highest BCUT2D eigenvalue weighted by atomic mass is 32.2. The van der Waals surface area contributed by atoms with Gasteiger partial charge in [-0.3, -0.25) is 4.57 Å². The second-order valence-electron chi connectivity index (χ2n) is 5.22. The van der Waals surface area contributed by atoms with E-state index >= 15 is 0 Å². The fourth-order valence-electron chi connectivity index (χ4n) is 2.41. The number of hydrogen-bond donors (Lipinski definition) is 0. The van der Waals surface area contributed by atoms with Crippen molar-refractivity contribution < 1.29 is 17.7 Å². The molecular weight excluding hydrogens is 350 g/mol. The molecule has 9 heteroatoms. The van der Waals surface area contributed by atoms with Crippen molar-refractivity contribution in [3.8, 4) is 11.6 Å². The normalized spacial score (nSPS) is 13.0. The lowest BCUT2D eigenvalue weighted by molar-refractivity contribution is 0.0656. The predicted molar refractivity (Wildman–Crippen MR) is 87.3 cm³/mol. The number of imidazole rings is 1. The van der Waals surface area contributed by atoms with Gasteiger partial charge in [-0.15, -0.1) is 0 Å². The summed E-state index contributed by atoms with van der Waals surface area (Å²) in [5.74, 6) is 1.10. The number of fused-ring (bicyclic) bond motifs is 1. The van der Waals surface area contributed by atoms with Gasteiger partial charge < -0.3 is 8.94 Å². The van der Waals surface area contributed by atoms with Crippen LogP contribution in [0.15, 0.2) is 56.8 Å². The average Bonchev–Trinajstić information content (AvgIpc) is 3.32. The Morgan fingerprint density at radius 1 is 1.12 bits per heavy atom. The molecule has 128 valence electrons. The minimum atomic E-state index is -2.69. The summed E-state index contributed by atoms with van der Waals surface area (Å²) in [6.45, 7) is -0.900. The Bertz CT molecular complexity index is 997. The first-order valence-corrected chi connectivity index (χ1v) is 8.30. The van der Waals surface area contributed by atoms with Crippen molar-refractivity contribution in [2.45, 2.75) is 23.9 Å². The minimum absolute atomic E-state index is 0.196. The van der Waals surface area contributed by atoms with E-state index < -0.39 is 6.55 Å². The third-order valence-electron chi connectivity index (χ3n) is 3.57. The molecule has 0 aliphatic rings. The SMILES string of the molecule is CC(Sc1nc2ccccc2n1C(F)F)c1nc(-c2ccco2)no1. The molecule has 0 fully saturated rings. The summed E-state index contributed by atoms with van der Waals surface area (Å²) in [5.41, 5.74) is 0.897. The van der Waals surface area contributed by atoms with Gasteiger partial charge in [0.05, 0.1) is 22.5 Å². The number of hydrogen-bond acceptors (Lipinski definition) is 6. The van der Waals surface area contributed by atoms with Gasteiger partial charge in [-0.05, 0) is 31.2 Å². The number of thioether (sulfide) groups is 1. The maximum atomic E-state index is 13.5. The lowest BCUT2D eigenvalue weighted by Crippen LogP contribution is -2.01. The molecule has 3 aromatic heterocycles. The number of aromatic nitrogens is 4. The van der Waals surface area contributed by atoms with E-state index in [-0.39, 0.29) is 10.4 Å². The average molecular weight is 362 g/mol. The fraction of sp³-hybridized carbons (Fsp3) is 0.188. The molecule has 0 N–H and O–H groups in total. The molecule has 0 radical (unpaired) electrons. The van der Waals surface area contributed by atoms with Crippen molar-refractivity contribution in [3.63, 3.8) is 0 Å². The molecule has 4 rings (SSSR count). The summed E-state index contributed by atoms with van der Waals surface area (Å²) in [4.78, 5) is 8.55. The number of alkyl halides is 2. The van der Waals surface area contributed by atoms with Crippen LogP contribution in [0.1, 0.15) is 24.6 Å². The van der Waals surface area contributed by atoms with Crippen LogP contribution in [-0.2, 0) is 0 Å². The standard InChI is InChI=1S/C16H12F2N4O2S/c1-9(14-20-13(21-24-14)12-7-4-8-23-12)25-16-19-10-5-2-3-6-11(10)22(16)15(17)18/h2-9,15H,1H3. The van der Waals surface area contributed by atoms with Gasteiger partial charge in [0.1, 0.15) is 0 Å². The van der Waals surface area contributed by atoms with E-state index in [1.54, 1.807) is 43.3 Å². The second-order valence-corrected chi connectivity index (χ2v) is 6.53. The summed E-state index contributed by atoms with van der Waals surface area (Å²) in [6, 6.07) is 10.2. The van der Waals surface area contributed by atoms with Crippen molar-refractivity contribution in [1.82, 2.24) is 19.7 Å². The second kappa shape index (κ2) is 6.32. The summed E-state index contributed by atoms with van der Waals surface area (Å²) in [7, 11) is 0. The van der Waals surface area contributed by atoms with E-state index in [4.69, 9.17) is 8.94 Å². The Morgan fingerprint density at radius 2 is 1.96 bits per heavy atom. The smallest absolute Gasteiger partial charge is 0.321 e. The largest absolute Gasteiger partial charge is 0.461 e. The Kier molecular flexibility index (Phi) is 4.00. The van der Waals surface area contributed by atoms with Gasteiger partial charge in [-0.1, -0.05) is 29.1 Å². The van der Waals surface area contributed by atoms with Crippen molar-refractivity contribution in [1.29, 1.82) is 0 Å². The van der Waals surface area contributed by atoms with Gasteiger partial charge in [0.25, 0.3) is 0 Å². The molecule has 0 saturated carbocycles. The first-order valence-electron chi connectivity index (χ1n) is 7.42. The van der Waals surface area contributed by atoms with E-state index in [9.17, 15) is 8.78 Å². The maximum absolute atomic E-state index is 13.5. The van der Waals surface area contributed by atoms with Gasteiger partial charge in [0.2, 0.25) is 11.7 Å². The summed E-state index contributed by atoms with van der Waals surface area (Å²) in [6.07, 6.45) is 1.51. The van der Waals surface area contributed by atoms with Crippen LogP contribution in [0.4, 0.5) is 8.78 Å². The Morgan fingerprint density at radius 3 is 2.72 bits per heavy atom. The minimum Gasteiger partial charge on any atom is -0.461 e. The molecule has 3 heterocycles. The highest BCUT2D eigenvalue weighted by Crippen LogP contribution is 2.37. The zero-order chi connectivity index (χ0) is 17.4. The molecule has 0 amide bonds. The number of benzene rings is 1. The Labute approximate surface area is 144 Å². The Balaban J connectivity index is 1.64. The number of halogens is 2. The molecule has 25 heavy (non-hydrogen) atoms. The van der Waals surface area contributed by atoms with Crippen LogP contribution >= 0.6 is 11.8 Å². The number of rotatable bonds is 5. The number of para-hydroxylation sites is 2. The van der Waals surface area contributed by atoms with Gasteiger partial charge >= 0.3 is 6.55 Å². The summed E-state index contributed by atoms with van der Waals surface area (Å²) < 4.78 is 38.3. The molecule has 1 unspecified atom stereocenters. The monoisotopic (exact) mass is 362 g/mol. The summed E-state index contributed by atoms with van der Waals surface area (Å²) in [5, 5.41) is 3.69. The van der Waals surface area contributed by atoms with Crippen molar-refractivity contribution >= 4 is 22.8 Å². The molecule has 0 aliphatic heterocycles. The van der Waals surface area contributed by atoms with Crippen LogP contribution in [0.3, 0.4) is 0 Å². The van der Waals surface area contributed by atoms with E-state index in [1.165, 1.54) is 6.26 Å². The molecule has 0 bridgehead atoms. The van der Waals surface area contributed by atoms with E-state index in [0.717, 1.165) is 16.3 Å². The van der Waals surface area contributed by atoms with Gasteiger partial charge in [-0.25, -0.2) is 4.98 Å². The topological polar surface area (TPSA) is 69.9 Å². The zero-order valence-corrected chi connectivity index (χ0v) is 13.8. The molecule has 4 aromatic rings. The van der Waals surface area contributed by atoms with Crippen LogP contribution in [0.2, 0.25) is 0 Å². The summed E-state index contributed by atoms with van der Waals surface area (Å²) >= 11 is 1.13. The first-order chi connectivity index (χ1) is 12.1. The lowest BCUT2D eigenvalue weighted by Gasteiger charge is -2.09. The molecular formula is C16H12F2N4O2S. The molecule has 1 aromatic carbocycles. The number of nitrogens with zero attached hydrogens (tertiary/aromatic N) is 4. The zero-order valence-electron chi connectivity index (χ0n) is 13.0. The van der Waals surface area contributed by atoms with Crippen molar-refractivity contribution in [2.75, 3.05) is 0 Å². The van der Waals surface area contributed by atoms with Gasteiger partial charge in [0.15, 0.2) is 10.9 Å². The maximum Gasteiger partial charge on any atom is 0.321 e. The van der Waals surface area contributed by atoms with Gasteiger partial charge in [0, 0.05) is 0 Å². The van der Waals surface area contributed by atoms with Gasteiger partial charge in [-0.2, -0.15) is 13.8 Å². The van der Waals surface area contributed by atoms with Crippen LogP contribution in [-0.4, -0.2) is 19.7 Å². The lowest BCUT2D eigenvalue weighted by atomic mass is 10.3. The van der Waals surface area contributed by atoms with Crippen molar-refractivity contribution in [3.05, 3.63) is 48.6 Å². The fourth-order valence-corrected chi connectivity index (χ4v) is 3.36. The van der Waals surface area contributed by atoms with Crippen LogP contribution in [0, 0.1) is 0 Å². The molecule has 0 spiro atoms. The van der Waals surface area contributed by atoms with Crippen molar-refractivity contribution in [2.24, 2.45) is 0 Å². The first kappa shape index (κ1) is 15.8. The van der Waals surface area contributed by atoms with Crippen LogP contribution in [0.5, 0.6) is 0 Å². The van der Waals surface area contributed by atoms with E-state index in [0.29, 0.717) is 28.5 Å². The highest BCUT2D eigenvalue weighted by Gasteiger charge is 2.23. The predicted octanol–water partition coefficient (Wildman–Crippen LogP) is 4.93. The van der Waals surface area contributed by atoms with Crippen LogP contribution in [0.25, 0.3) is 22.6 Å². The van der Waals surface area contributed by atoms with Crippen LogP contribution < -0.4 is 0 Å². The Hall–Kier alpha value is -2.68. The third-order valence-corrected chi connectivity index (χ3v) is 4.63. The molecule has 0 aliphatic carbocycles. The number of furan rings is 1. The van der Waals surface area contributed by atoms with E-state index in [1.807, 2.05) is 0 Å². The highest BCUT2D eigenvalue weighted by molar-refractivity contribution is 7.99. The third kappa shape index (κ3) is 2.91. The molecule has 6 nitrogen and oxygen atoms in total.